The minimum atomic E-state index is 0.192. The molecule has 0 aliphatic carbocycles. The zero-order chi connectivity index (χ0) is 24.5. The highest BCUT2D eigenvalue weighted by Gasteiger charge is 2.18. The molecule has 182 valence electrons. The van der Waals surface area contributed by atoms with E-state index in [0.29, 0.717) is 28.2 Å². The highest BCUT2D eigenvalue weighted by molar-refractivity contribution is 7.17. The SMILES string of the molecule is CNc1c(C)cccc1Cl.Cc1nc(Nc2ncc(C=O)s2)cc(N2CCN(CCO)CC2)n1. The maximum absolute atomic E-state index is 10.8. The fourth-order valence-corrected chi connectivity index (χ4v) is 4.53. The third kappa shape index (κ3) is 7.10. The van der Waals surface area contributed by atoms with E-state index in [1.165, 1.54) is 23.1 Å². The summed E-state index contributed by atoms with van der Waals surface area (Å²) < 4.78 is 0. The number of thiazole rings is 1. The van der Waals surface area contributed by atoms with Crippen molar-refractivity contribution in [3.8, 4) is 0 Å². The van der Waals surface area contributed by atoms with Crippen molar-refractivity contribution >= 4 is 51.7 Å². The van der Waals surface area contributed by atoms with Gasteiger partial charge < -0.3 is 20.6 Å². The number of carbonyl (C=O) groups excluding carboxylic acids is 1. The summed E-state index contributed by atoms with van der Waals surface area (Å²) in [6.07, 6.45) is 2.32. The number of piperazine rings is 1. The van der Waals surface area contributed by atoms with Crippen molar-refractivity contribution in [2.24, 2.45) is 0 Å². The van der Waals surface area contributed by atoms with E-state index in [2.05, 4.69) is 35.4 Å². The molecule has 4 rings (SSSR count). The van der Waals surface area contributed by atoms with Gasteiger partial charge in [-0.1, -0.05) is 35.1 Å². The summed E-state index contributed by atoms with van der Waals surface area (Å²) in [4.78, 5) is 28.8. The minimum Gasteiger partial charge on any atom is -0.395 e. The van der Waals surface area contributed by atoms with E-state index >= 15 is 0 Å². The number of aliphatic hydroxyl groups is 1. The largest absolute Gasteiger partial charge is 0.395 e. The van der Waals surface area contributed by atoms with Crippen LogP contribution in [0.3, 0.4) is 0 Å². The molecule has 1 aromatic carbocycles. The molecule has 3 aromatic rings. The Hall–Kier alpha value is -2.79. The normalized spacial score (nSPS) is 13.7. The Morgan fingerprint density at radius 1 is 1.21 bits per heavy atom. The molecule has 0 radical (unpaired) electrons. The lowest BCUT2D eigenvalue weighted by Gasteiger charge is -2.35. The van der Waals surface area contributed by atoms with E-state index in [1.54, 1.807) is 0 Å². The first kappa shape index (κ1) is 25.8. The third-order valence-corrected chi connectivity index (χ3v) is 6.44. The van der Waals surface area contributed by atoms with Crippen LogP contribution in [0.25, 0.3) is 0 Å². The molecule has 2 aromatic heterocycles. The van der Waals surface area contributed by atoms with Crippen LogP contribution in [0.1, 0.15) is 21.1 Å². The average Bonchev–Trinajstić information content (AvgIpc) is 3.27. The summed E-state index contributed by atoms with van der Waals surface area (Å²) in [5, 5.41) is 16.6. The number of para-hydroxylation sites is 1. The van der Waals surface area contributed by atoms with Crippen LogP contribution in [-0.4, -0.2) is 77.6 Å². The summed E-state index contributed by atoms with van der Waals surface area (Å²) in [6.45, 7) is 8.32. The van der Waals surface area contributed by atoms with E-state index in [4.69, 9.17) is 16.7 Å². The zero-order valence-electron chi connectivity index (χ0n) is 19.6. The van der Waals surface area contributed by atoms with Gasteiger partial charge in [0.15, 0.2) is 11.4 Å². The first-order valence-electron chi connectivity index (χ1n) is 11.0. The van der Waals surface area contributed by atoms with E-state index in [9.17, 15) is 4.79 Å². The number of rotatable bonds is 7. The van der Waals surface area contributed by atoms with Crippen LogP contribution in [0, 0.1) is 13.8 Å². The first-order valence-corrected chi connectivity index (χ1v) is 12.2. The molecule has 0 bridgehead atoms. The van der Waals surface area contributed by atoms with Crippen LogP contribution in [0.15, 0.2) is 30.5 Å². The van der Waals surface area contributed by atoms with Crippen LogP contribution in [0.2, 0.25) is 5.02 Å². The van der Waals surface area contributed by atoms with Gasteiger partial charge in [-0.05, 0) is 25.5 Å². The molecule has 34 heavy (non-hydrogen) atoms. The Balaban J connectivity index is 0.000000271. The standard InChI is InChI=1S/C15H20N6O2S.C8H10ClN/c1-11-17-13(19-15-16-9-12(10-23)24-15)8-14(18-11)21-4-2-20(3-5-21)6-7-22;1-6-4-3-5-7(9)8(6)10-2/h8-10,22H,2-7H2,1H3,(H,16,17,18,19);3-5,10H,1-2H3. The number of β-amino-alcohol motifs (C(OH)–C–C–N with tert-alkyl or cyclic N) is 1. The molecule has 11 heteroatoms. The number of benzene rings is 1. The molecule has 0 spiro atoms. The second-order valence-electron chi connectivity index (χ2n) is 7.70. The van der Waals surface area contributed by atoms with Crippen LogP contribution in [0.4, 0.5) is 22.5 Å². The second-order valence-corrected chi connectivity index (χ2v) is 9.17. The van der Waals surface area contributed by atoms with Crippen molar-refractivity contribution in [2.45, 2.75) is 13.8 Å². The molecule has 1 fully saturated rings. The van der Waals surface area contributed by atoms with Crippen molar-refractivity contribution in [3.63, 3.8) is 0 Å². The van der Waals surface area contributed by atoms with Gasteiger partial charge in [-0.25, -0.2) is 15.0 Å². The number of aryl methyl sites for hydroxylation is 2. The molecule has 9 nitrogen and oxygen atoms in total. The maximum Gasteiger partial charge on any atom is 0.188 e. The van der Waals surface area contributed by atoms with E-state index < -0.39 is 0 Å². The van der Waals surface area contributed by atoms with Gasteiger partial charge in [0.2, 0.25) is 0 Å². The molecule has 3 heterocycles. The molecule has 0 amide bonds. The number of aliphatic hydroxyl groups excluding tert-OH is 1. The predicted molar refractivity (Wildman–Crippen MR) is 139 cm³/mol. The predicted octanol–water partition coefficient (Wildman–Crippen LogP) is 3.60. The molecule has 1 aliphatic heterocycles. The number of halogens is 1. The number of aldehydes is 1. The summed E-state index contributed by atoms with van der Waals surface area (Å²) in [6, 6.07) is 7.74. The molecule has 3 N–H and O–H groups in total. The van der Waals surface area contributed by atoms with Crippen molar-refractivity contribution in [3.05, 3.63) is 51.7 Å². The molecule has 1 saturated heterocycles. The van der Waals surface area contributed by atoms with Crippen molar-refractivity contribution < 1.29 is 9.90 Å². The van der Waals surface area contributed by atoms with E-state index in [0.717, 1.165) is 49.0 Å². The van der Waals surface area contributed by atoms with E-state index in [1.807, 2.05) is 45.2 Å². The van der Waals surface area contributed by atoms with Crippen LogP contribution in [0.5, 0.6) is 0 Å². The minimum absolute atomic E-state index is 0.192. The number of nitrogens with zero attached hydrogens (tertiary/aromatic N) is 5. The summed E-state index contributed by atoms with van der Waals surface area (Å²) in [5.74, 6) is 2.22. The van der Waals surface area contributed by atoms with Gasteiger partial charge in [-0.2, -0.15) is 0 Å². The van der Waals surface area contributed by atoms with E-state index in [-0.39, 0.29) is 6.61 Å². The summed E-state index contributed by atoms with van der Waals surface area (Å²) in [5.41, 5.74) is 2.19. The van der Waals surface area contributed by atoms with Crippen molar-refractivity contribution in [1.82, 2.24) is 19.9 Å². The zero-order valence-corrected chi connectivity index (χ0v) is 21.2. The summed E-state index contributed by atoms with van der Waals surface area (Å²) in [7, 11) is 1.87. The lowest BCUT2D eigenvalue weighted by molar-refractivity contribution is 0.112. The quantitative estimate of drug-likeness (QED) is 0.417. The fourth-order valence-electron chi connectivity index (χ4n) is 3.58. The molecular weight excluding hydrogens is 474 g/mol. The van der Waals surface area contributed by atoms with Crippen molar-refractivity contribution in [2.75, 3.05) is 61.9 Å². The Morgan fingerprint density at radius 2 is 1.97 bits per heavy atom. The van der Waals surface area contributed by atoms with Gasteiger partial charge in [0, 0.05) is 45.8 Å². The monoisotopic (exact) mass is 503 g/mol. The molecule has 1 aliphatic rings. The molecule has 0 saturated carbocycles. The Labute approximate surface area is 208 Å². The van der Waals surface area contributed by atoms with Crippen LogP contribution >= 0.6 is 22.9 Å². The number of hydrogen-bond acceptors (Lipinski definition) is 10. The second kappa shape index (κ2) is 12.6. The smallest absolute Gasteiger partial charge is 0.188 e. The van der Waals surface area contributed by atoms with Gasteiger partial charge in [0.25, 0.3) is 0 Å². The number of aromatic nitrogens is 3. The fraction of sp³-hybridized carbons (Fsp3) is 0.391. The Kier molecular flexibility index (Phi) is 9.58. The number of carbonyl (C=O) groups is 1. The Morgan fingerprint density at radius 3 is 2.56 bits per heavy atom. The van der Waals surface area contributed by atoms with Gasteiger partial charge >= 0.3 is 0 Å². The van der Waals surface area contributed by atoms with Gasteiger partial charge in [0.05, 0.1) is 28.4 Å². The van der Waals surface area contributed by atoms with Crippen LogP contribution < -0.4 is 15.5 Å². The van der Waals surface area contributed by atoms with Crippen molar-refractivity contribution in [1.29, 1.82) is 0 Å². The lowest BCUT2D eigenvalue weighted by atomic mass is 10.2. The highest BCUT2D eigenvalue weighted by atomic mass is 35.5. The first-order chi connectivity index (χ1) is 16.4. The lowest BCUT2D eigenvalue weighted by Crippen LogP contribution is -2.47. The molecule has 0 unspecified atom stereocenters. The third-order valence-electron chi connectivity index (χ3n) is 5.28. The summed E-state index contributed by atoms with van der Waals surface area (Å²) >= 11 is 7.15. The topological polar surface area (TPSA) is 107 Å². The average molecular weight is 504 g/mol. The highest BCUT2D eigenvalue weighted by Crippen LogP contribution is 2.25. The molecule has 0 atom stereocenters. The number of hydrogen-bond donors (Lipinski definition) is 3. The number of anilines is 4. The van der Waals surface area contributed by atoms with Gasteiger partial charge in [-0.15, -0.1) is 0 Å². The Bertz CT molecular complexity index is 1070. The van der Waals surface area contributed by atoms with Gasteiger partial charge in [0.1, 0.15) is 17.5 Å². The van der Waals surface area contributed by atoms with Crippen LogP contribution in [-0.2, 0) is 0 Å². The molecular formula is C23H30ClN7O2S. The van der Waals surface area contributed by atoms with Gasteiger partial charge in [-0.3, -0.25) is 9.69 Å². The maximum atomic E-state index is 10.8. The number of nitrogens with one attached hydrogen (secondary N) is 2.